The van der Waals surface area contributed by atoms with Gasteiger partial charge in [0.2, 0.25) is 0 Å². The molecular weight excluding hydrogens is 294 g/mol. The fourth-order valence-electron chi connectivity index (χ4n) is 2.09. The molecule has 21 heavy (non-hydrogen) atoms. The molecule has 0 radical (unpaired) electrons. The average molecular weight is 312 g/mol. The minimum atomic E-state index is -2.81. The number of aryl methyl sites for hydroxylation is 1. The molecule has 114 valence electrons. The topological polar surface area (TPSA) is 34.2 Å². The van der Waals surface area contributed by atoms with Gasteiger partial charge in [0.25, 0.3) is 0 Å². The van der Waals surface area contributed by atoms with Crippen LogP contribution in [0.5, 0.6) is 5.75 Å². The summed E-state index contributed by atoms with van der Waals surface area (Å²) < 4.78 is 29.3. The summed E-state index contributed by atoms with van der Waals surface area (Å²) in [5.74, 6) is 0.219. The highest BCUT2D eigenvalue weighted by Gasteiger charge is 2.14. The summed E-state index contributed by atoms with van der Waals surface area (Å²) in [6.45, 7) is 1.83. The summed E-state index contributed by atoms with van der Waals surface area (Å²) in [7, 11) is 0. The molecule has 1 unspecified atom stereocenters. The monoisotopic (exact) mass is 312 g/mol. The minimum absolute atomic E-state index is 0.0697. The molecule has 6 heteroatoms. The molecule has 1 aromatic heterocycles. The number of nitrogens with zero attached hydrogens (tertiary/aromatic N) is 1. The van der Waals surface area contributed by atoms with Gasteiger partial charge in [-0.15, -0.1) is 11.3 Å². The van der Waals surface area contributed by atoms with Crippen molar-refractivity contribution in [1.29, 1.82) is 0 Å². The lowest BCUT2D eigenvalue weighted by atomic mass is 10.1. The van der Waals surface area contributed by atoms with E-state index >= 15 is 0 Å². The fraction of sp³-hybridized carbons (Fsp3) is 0.400. The summed E-state index contributed by atoms with van der Waals surface area (Å²) in [5.41, 5.74) is 1.78. The van der Waals surface area contributed by atoms with Crippen molar-refractivity contribution < 1.29 is 13.5 Å². The first-order chi connectivity index (χ1) is 10.1. The molecule has 0 aliphatic heterocycles. The number of rotatable bonds is 7. The Bertz CT molecular complexity index is 574. The van der Waals surface area contributed by atoms with Gasteiger partial charge >= 0.3 is 6.61 Å². The quantitative estimate of drug-likeness (QED) is 0.840. The molecule has 1 aromatic carbocycles. The van der Waals surface area contributed by atoms with Gasteiger partial charge in [0, 0.05) is 30.0 Å². The summed E-state index contributed by atoms with van der Waals surface area (Å²) >= 11 is 1.63. The Labute approximate surface area is 127 Å². The van der Waals surface area contributed by atoms with Crippen LogP contribution in [0.25, 0.3) is 0 Å². The number of alkyl halides is 2. The average Bonchev–Trinajstić information content (AvgIpc) is 2.84. The number of nitrogens with one attached hydrogen (secondary N) is 1. The molecule has 3 nitrogen and oxygen atoms in total. The number of hydrogen-bond donors (Lipinski definition) is 1. The maximum Gasteiger partial charge on any atom is 0.387 e. The zero-order valence-corrected chi connectivity index (χ0v) is 12.8. The van der Waals surface area contributed by atoms with Gasteiger partial charge in [0.05, 0.1) is 10.7 Å². The van der Waals surface area contributed by atoms with Crippen molar-refractivity contribution in [3.05, 3.63) is 45.9 Å². The third-order valence-electron chi connectivity index (χ3n) is 3.10. The lowest BCUT2D eigenvalue weighted by Crippen LogP contribution is -2.22. The molecule has 0 amide bonds. The fourth-order valence-corrected chi connectivity index (χ4v) is 2.74. The van der Waals surface area contributed by atoms with Crippen LogP contribution in [0.1, 0.15) is 29.2 Å². The first-order valence-electron chi connectivity index (χ1n) is 6.74. The maximum atomic E-state index is 12.4. The first kappa shape index (κ1) is 15.9. The van der Waals surface area contributed by atoms with Gasteiger partial charge in [0.1, 0.15) is 5.75 Å². The number of aromatic nitrogens is 1. The molecule has 0 spiro atoms. The van der Waals surface area contributed by atoms with E-state index in [0.717, 1.165) is 29.2 Å². The molecule has 0 saturated heterocycles. The number of para-hydroxylation sites is 1. The van der Waals surface area contributed by atoms with Crippen molar-refractivity contribution >= 4 is 11.3 Å². The summed E-state index contributed by atoms with van der Waals surface area (Å²) in [6.07, 6.45) is 0.812. The van der Waals surface area contributed by atoms with Gasteiger partial charge in [-0.05, 0) is 19.9 Å². The third kappa shape index (κ3) is 4.75. The Kier molecular flexibility index (Phi) is 5.64. The SMILES string of the molecule is Cc1nc(CCNC(C)c2ccccc2OC(F)F)cs1. The second-order valence-corrected chi connectivity index (χ2v) is 5.76. The number of benzene rings is 1. The highest BCUT2D eigenvalue weighted by Crippen LogP contribution is 2.26. The number of ether oxygens (including phenoxy) is 1. The molecule has 0 bridgehead atoms. The highest BCUT2D eigenvalue weighted by molar-refractivity contribution is 7.09. The predicted molar refractivity (Wildman–Crippen MR) is 80.0 cm³/mol. The Morgan fingerprint density at radius 1 is 1.33 bits per heavy atom. The molecular formula is C15H18F2N2OS. The van der Waals surface area contributed by atoms with Crippen LogP contribution < -0.4 is 10.1 Å². The molecule has 0 aliphatic rings. The van der Waals surface area contributed by atoms with Gasteiger partial charge in [-0.25, -0.2) is 4.98 Å². The van der Waals surface area contributed by atoms with E-state index in [0.29, 0.717) is 0 Å². The smallest absolute Gasteiger partial charge is 0.387 e. The molecule has 0 fully saturated rings. The maximum absolute atomic E-state index is 12.4. The summed E-state index contributed by atoms with van der Waals surface area (Å²) in [6, 6.07) is 6.78. The van der Waals surface area contributed by atoms with Gasteiger partial charge in [-0.1, -0.05) is 18.2 Å². The van der Waals surface area contributed by atoms with Crippen LogP contribution in [0.2, 0.25) is 0 Å². The summed E-state index contributed by atoms with van der Waals surface area (Å²) in [5, 5.41) is 6.40. The van der Waals surface area contributed by atoms with Crippen molar-refractivity contribution in [2.24, 2.45) is 0 Å². The molecule has 1 N–H and O–H groups in total. The van der Waals surface area contributed by atoms with E-state index < -0.39 is 6.61 Å². The Morgan fingerprint density at radius 3 is 2.76 bits per heavy atom. The van der Waals surface area contributed by atoms with Gasteiger partial charge in [-0.3, -0.25) is 0 Å². The minimum Gasteiger partial charge on any atom is -0.434 e. The van der Waals surface area contributed by atoms with E-state index in [1.54, 1.807) is 29.5 Å². The van der Waals surface area contributed by atoms with Crippen molar-refractivity contribution in [2.75, 3.05) is 6.54 Å². The molecule has 0 saturated carbocycles. The van der Waals surface area contributed by atoms with Crippen LogP contribution >= 0.6 is 11.3 Å². The zero-order valence-electron chi connectivity index (χ0n) is 12.0. The van der Waals surface area contributed by atoms with Crippen LogP contribution in [0.15, 0.2) is 29.6 Å². The Balaban J connectivity index is 1.92. The van der Waals surface area contributed by atoms with Crippen molar-refractivity contribution in [2.45, 2.75) is 32.9 Å². The van der Waals surface area contributed by atoms with E-state index in [1.165, 1.54) is 0 Å². The van der Waals surface area contributed by atoms with E-state index in [9.17, 15) is 8.78 Å². The van der Waals surface area contributed by atoms with E-state index in [1.807, 2.05) is 25.3 Å². The summed E-state index contributed by atoms with van der Waals surface area (Å²) in [4.78, 5) is 4.39. The second kappa shape index (κ2) is 7.47. The van der Waals surface area contributed by atoms with E-state index in [2.05, 4.69) is 15.0 Å². The molecule has 1 atom stereocenters. The van der Waals surface area contributed by atoms with Gasteiger partial charge in [0.15, 0.2) is 0 Å². The second-order valence-electron chi connectivity index (χ2n) is 4.70. The van der Waals surface area contributed by atoms with Crippen molar-refractivity contribution in [3.8, 4) is 5.75 Å². The van der Waals surface area contributed by atoms with E-state index in [4.69, 9.17) is 0 Å². The van der Waals surface area contributed by atoms with Crippen LogP contribution in [0.3, 0.4) is 0 Å². The molecule has 2 aromatic rings. The normalized spacial score (nSPS) is 12.6. The van der Waals surface area contributed by atoms with Gasteiger partial charge < -0.3 is 10.1 Å². The Morgan fingerprint density at radius 2 is 2.10 bits per heavy atom. The molecule has 2 rings (SSSR count). The van der Waals surface area contributed by atoms with Crippen molar-refractivity contribution in [1.82, 2.24) is 10.3 Å². The number of thiazole rings is 1. The van der Waals surface area contributed by atoms with Crippen LogP contribution in [-0.4, -0.2) is 18.1 Å². The third-order valence-corrected chi connectivity index (χ3v) is 3.92. The lowest BCUT2D eigenvalue weighted by Gasteiger charge is -2.17. The van der Waals surface area contributed by atoms with Crippen LogP contribution in [0, 0.1) is 6.92 Å². The van der Waals surface area contributed by atoms with Crippen LogP contribution in [-0.2, 0) is 6.42 Å². The molecule has 0 aliphatic carbocycles. The Hall–Kier alpha value is -1.53. The predicted octanol–water partition coefficient (Wildman–Crippen LogP) is 3.95. The van der Waals surface area contributed by atoms with Crippen LogP contribution in [0.4, 0.5) is 8.78 Å². The van der Waals surface area contributed by atoms with Gasteiger partial charge in [-0.2, -0.15) is 8.78 Å². The largest absolute Gasteiger partial charge is 0.434 e. The zero-order chi connectivity index (χ0) is 15.2. The number of halogens is 2. The van der Waals surface area contributed by atoms with E-state index in [-0.39, 0.29) is 11.8 Å². The highest BCUT2D eigenvalue weighted by atomic mass is 32.1. The lowest BCUT2D eigenvalue weighted by molar-refractivity contribution is -0.0506. The molecule has 1 heterocycles. The standard InChI is InChI=1S/C15H18F2N2OS/c1-10(18-8-7-12-9-21-11(2)19-12)13-5-3-4-6-14(13)20-15(16)17/h3-6,9-10,15,18H,7-8H2,1-2H3. The number of hydrogen-bond acceptors (Lipinski definition) is 4. The first-order valence-corrected chi connectivity index (χ1v) is 7.62. The van der Waals surface area contributed by atoms with Crippen molar-refractivity contribution in [3.63, 3.8) is 0 Å².